The third kappa shape index (κ3) is 2.72. The molecule has 19 heavy (non-hydrogen) atoms. The molecule has 3 nitrogen and oxygen atoms in total. The maximum absolute atomic E-state index is 3.44. The molecule has 0 unspecified atom stereocenters. The predicted molar refractivity (Wildman–Crippen MR) is 81.4 cm³/mol. The van der Waals surface area contributed by atoms with Crippen LogP contribution in [0, 0.1) is 6.92 Å². The molecule has 0 aliphatic carbocycles. The minimum atomic E-state index is 1.04. The molecule has 1 aliphatic heterocycles. The van der Waals surface area contributed by atoms with E-state index in [0.717, 1.165) is 32.7 Å². The van der Waals surface area contributed by atoms with Gasteiger partial charge < -0.3 is 10.3 Å². The number of benzene rings is 1. The van der Waals surface area contributed by atoms with Crippen LogP contribution in [0.2, 0.25) is 0 Å². The van der Waals surface area contributed by atoms with Gasteiger partial charge in [0, 0.05) is 54.9 Å². The molecule has 0 radical (unpaired) electrons. The van der Waals surface area contributed by atoms with E-state index in [1.807, 2.05) is 0 Å². The highest BCUT2D eigenvalue weighted by Crippen LogP contribution is 2.22. The van der Waals surface area contributed by atoms with Gasteiger partial charge in [0.25, 0.3) is 0 Å². The lowest BCUT2D eigenvalue weighted by molar-refractivity contribution is 0.265. The van der Waals surface area contributed by atoms with Crippen LogP contribution >= 0.6 is 0 Å². The highest BCUT2D eigenvalue weighted by molar-refractivity contribution is 5.90. The first-order chi connectivity index (χ1) is 9.34. The summed E-state index contributed by atoms with van der Waals surface area (Å²) in [5.41, 5.74) is 3.80. The molecule has 2 heterocycles. The maximum Gasteiger partial charge on any atom is 0.0462 e. The van der Waals surface area contributed by atoms with Gasteiger partial charge in [-0.3, -0.25) is 4.90 Å². The number of rotatable bonds is 3. The second-order valence-corrected chi connectivity index (χ2v) is 5.16. The second-order valence-electron chi connectivity index (χ2n) is 5.16. The molecule has 2 N–H and O–H groups in total. The summed E-state index contributed by atoms with van der Waals surface area (Å²) in [4.78, 5) is 5.92. The van der Waals surface area contributed by atoms with Gasteiger partial charge in [0.1, 0.15) is 0 Å². The highest BCUT2D eigenvalue weighted by Gasteiger charge is 2.07. The van der Waals surface area contributed by atoms with Gasteiger partial charge in [-0.05, 0) is 13.0 Å². The third-order valence-corrected chi connectivity index (χ3v) is 3.80. The molecule has 100 valence electrons. The molecular formula is C16H21N3. The summed E-state index contributed by atoms with van der Waals surface area (Å²) >= 11 is 0. The number of nitrogens with one attached hydrogen (secondary N) is 2. The van der Waals surface area contributed by atoms with Crippen molar-refractivity contribution in [1.82, 2.24) is 15.2 Å². The Morgan fingerprint density at radius 2 is 2.00 bits per heavy atom. The molecule has 0 amide bonds. The molecule has 1 fully saturated rings. The number of aryl methyl sites for hydroxylation is 1. The number of H-pyrrole nitrogens is 1. The molecule has 1 aromatic carbocycles. The van der Waals surface area contributed by atoms with Crippen molar-refractivity contribution in [3.05, 3.63) is 41.6 Å². The van der Waals surface area contributed by atoms with Gasteiger partial charge in [-0.25, -0.2) is 0 Å². The monoisotopic (exact) mass is 255 g/mol. The van der Waals surface area contributed by atoms with E-state index in [0.29, 0.717) is 0 Å². The predicted octanol–water partition coefficient (Wildman–Crippen LogP) is 2.39. The van der Waals surface area contributed by atoms with Crippen molar-refractivity contribution in [2.75, 3.05) is 32.7 Å². The van der Waals surface area contributed by atoms with Crippen molar-refractivity contribution >= 4 is 17.0 Å². The van der Waals surface area contributed by atoms with Crippen LogP contribution in [0.3, 0.4) is 0 Å². The lowest BCUT2D eigenvalue weighted by Gasteiger charge is -2.25. The Labute approximate surface area is 114 Å². The van der Waals surface area contributed by atoms with Gasteiger partial charge in [0.2, 0.25) is 0 Å². The van der Waals surface area contributed by atoms with Crippen LogP contribution in [0.1, 0.15) is 11.3 Å². The van der Waals surface area contributed by atoms with Crippen LogP contribution in [0.5, 0.6) is 0 Å². The summed E-state index contributed by atoms with van der Waals surface area (Å²) in [6, 6.07) is 8.50. The molecule has 0 atom stereocenters. The van der Waals surface area contributed by atoms with E-state index >= 15 is 0 Å². The fraction of sp³-hybridized carbons (Fsp3) is 0.375. The fourth-order valence-corrected chi connectivity index (χ4v) is 2.73. The lowest BCUT2D eigenvalue weighted by atomic mass is 10.1. The Balaban J connectivity index is 1.75. The molecule has 3 heteroatoms. The molecule has 2 aromatic rings. The number of aromatic amines is 1. The number of aromatic nitrogens is 1. The Kier molecular flexibility index (Phi) is 3.67. The van der Waals surface area contributed by atoms with Crippen LogP contribution in [-0.4, -0.2) is 42.6 Å². The summed E-state index contributed by atoms with van der Waals surface area (Å²) in [6.45, 7) is 7.71. The number of para-hydroxylation sites is 1. The van der Waals surface area contributed by atoms with Crippen molar-refractivity contribution in [3.8, 4) is 0 Å². The average Bonchev–Trinajstić information content (AvgIpc) is 2.76. The summed E-state index contributed by atoms with van der Waals surface area (Å²) < 4.78 is 0. The van der Waals surface area contributed by atoms with Gasteiger partial charge in [0.05, 0.1) is 0 Å². The van der Waals surface area contributed by atoms with E-state index in [9.17, 15) is 0 Å². The molecule has 1 saturated heterocycles. The maximum atomic E-state index is 3.44. The van der Waals surface area contributed by atoms with Gasteiger partial charge >= 0.3 is 0 Å². The first-order valence-electron chi connectivity index (χ1n) is 7.01. The molecule has 0 bridgehead atoms. The zero-order valence-corrected chi connectivity index (χ0v) is 11.4. The first-order valence-corrected chi connectivity index (χ1v) is 7.01. The lowest BCUT2D eigenvalue weighted by Crippen LogP contribution is -2.43. The molecular weight excluding hydrogens is 234 g/mol. The number of hydrogen-bond acceptors (Lipinski definition) is 2. The van der Waals surface area contributed by atoms with Crippen molar-refractivity contribution in [1.29, 1.82) is 0 Å². The highest BCUT2D eigenvalue weighted by atomic mass is 15.2. The quantitative estimate of drug-likeness (QED) is 0.882. The van der Waals surface area contributed by atoms with Gasteiger partial charge in [0.15, 0.2) is 0 Å². The first kappa shape index (κ1) is 12.5. The van der Waals surface area contributed by atoms with E-state index in [-0.39, 0.29) is 0 Å². The van der Waals surface area contributed by atoms with Crippen LogP contribution in [0.15, 0.2) is 30.3 Å². The molecule has 1 aliphatic rings. The van der Waals surface area contributed by atoms with Crippen LogP contribution in [-0.2, 0) is 0 Å². The molecule has 0 saturated carbocycles. The zero-order chi connectivity index (χ0) is 13.1. The second kappa shape index (κ2) is 5.59. The standard InChI is InChI=1S/C16H21N3/c1-13-14(15-5-2-3-7-16(15)18-13)6-4-10-19-11-8-17-9-12-19/h2-7,17-18H,8-12H2,1H3/b6-4+. The number of piperazine rings is 1. The van der Waals surface area contributed by atoms with E-state index in [1.165, 1.54) is 22.2 Å². The van der Waals surface area contributed by atoms with E-state index < -0.39 is 0 Å². The summed E-state index contributed by atoms with van der Waals surface area (Å²) in [6.07, 6.45) is 4.55. The van der Waals surface area contributed by atoms with Crippen molar-refractivity contribution in [2.24, 2.45) is 0 Å². The van der Waals surface area contributed by atoms with Crippen LogP contribution < -0.4 is 5.32 Å². The Morgan fingerprint density at radius 1 is 1.21 bits per heavy atom. The van der Waals surface area contributed by atoms with E-state index in [2.05, 4.69) is 58.5 Å². The molecule has 1 aromatic heterocycles. The van der Waals surface area contributed by atoms with Crippen LogP contribution in [0.4, 0.5) is 0 Å². The zero-order valence-electron chi connectivity index (χ0n) is 11.4. The molecule has 0 spiro atoms. The third-order valence-electron chi connectivity index (χ3n) is 3.80. The summed E-state index contributed by atoms with van der Waals surface area (Å²) in [7, 11) is 0. The Hall–Kier alpha value is -1.58. The fourth-order valence-electron chi connectivity index (χ4n) is 2.73. The van der Waals surface area contributed by atoms with Gasteiger partial charge in [-0.2, -0.15) is 0 Å². The normalized spacial score (nSPS) is 17.5. The number of hydrogen-bond donors (Lipinski definition) is 2. The Bertz CT molecular complexity index is 577. The van der Waals surface area contributed by atoms with Crippen molar-refractivity contribution in [3.63, 3.8) is 0 Å². The van der Waals surface area contributed by atoms with E-state index in [4.69, 9.17) is 0 Å². The average molecular weight is 255 g/mol. The SMILES string of the molecule is Cc1[nH]c2ccccc2c1/C=C/CN1CCNCC1. The van der Waals surface area contributed by atoms with E-state index in [1.54, 1.807) is 0 Å². The van der Waals surface area contributed by atoms with Crippen molar-refractivity contribution in [2.45, 2.75) is 6.92 Å². The minimum Gasteiger partial charge on any atom is -0.358 e. The molecule has 3 rings (SSSR count). The topological polar surface area (TPSA) is 31.1 Å². The number of fused-ring (bicyclic) bond motifs is 1. The van der Waals surface area contributed by atoms with Crippen molar-refractivity contribution < 1.29 is 0 Å². The summed E-state index contributed by atoms with van der Waals surface area (Å²) in [5.74, 6) is 0. The van der Waals surface area contributed by atoms with Crippen LogP contribution in [0.25, 0.3) is 17.0 Å². The largest absolute Gasteiger partial charge is 0.358 e. The summed E-state index contributed by atoms with van der Waals surface area (Å²) in [5, 5.41) is 4.70. The minimum absolute atomic E-state index is 1.04. The smallest absolute Gasteiger partial charge is 0.0462 e. The Morgan fingerprint density at radius 3 is 2.84 bits per heavy atom. The van der Waals surface area contributed by atoms with Gasteiger partial charge in [-0.15, -0.1) is 0 Å². The van der Waals surface area contributed by atoms with Gasteiger partial charge in [-0.1, -0.05) is 30.4 Å². The number of nitrogens with zero attached hydrogens (tertiary/aromatic N) is 1.